The standard InChI is InChI=1S/C18H24N4O3/c1-3-19-18(22-13-14-7-4-5-8-15(14)24-2)21-11-10-20-17(23)16-9-6-12-25-16/h4-9,12H,3,10-11,13H2,1-2H3,(H,20,23)(H2,19,21,22). The van der Waals surface area contributed by atoms with E-state index in [1.807, 2.05) is 31.2 Å². The quantitative estimate of drug-likeness (QED) is 0.386. The Bertz CT molecular complexity index is 683. The van der Waals surface area contributed by atoms with Crippen molar-refractivity contribution in [2.45, 2.75) is 13.5 Å². The molecule has 0 bridgehead atoms. The minimum absolute atomic E-state index is 0.234. The third kappa shape index (κ3) is 5.87. The van der Waals surface area contributed by atoms with E-state index >= 15 is 0 Å². The number of hydrogen-bond acceptors (Lipinski definition) is 4. The average molecular weight is 344 g/mol. The van der Waals surface area contributed by atoms with Gasteiger partial charge in [0.05, 0.1) is 19.9 Å². The zero-order valence-corrected chi connectivity index (χ0v) is 14.5. The zero-order valence-electron chi connectivity index (χ0n) is 14.5. The molecule has 0 atom stereocenters. The third-order valence-electron chi connectivity index (χ3n) is 3.39. The van der Waals surface area contributed by atoms with Crippen molar-refractivity contribution in [3.05, 3.63) is 54.0 Å². The zero-order chi connectivity index (χ0) is 17.9. The van der Waals surface area contributed by atoms with Crippen LogP contribution in [0.5, 0.6) is 5.75 Å². The summed E-state index contributed by atoms with van der Waals surface area (Å²) in [6.07, 6.45) is 1.47. The molecule has 1 heterocycles. The number of ether oxygens (including phenoxy) is 1. The van der Waals surface area contributed by atoms with Crippen molar-refractivity contribution in [2.75, 3.05) is 26.7 Å². The molecule has 2 aromatic rings. The van der Waals surface area contributed by atoms with Gasteiger partial charge in [0.25, 0.3) is 5.91 Å². The second-order valence-electron chi connectivity index (χ2n) is 5.17. The van der Waals surface area contributed by atoms with Crippen LogP contribution in [0.25, 0.3) is 0 Å². The first kappa shape index (κ1) is 18.4. The van der Waals surface area contributed by atoms with E-state index in [1.165, 1.54) is 6.26 Å². The molecule has 0 fully saturated rings. The molecule has 0 aliphatic heterocycles. The summed E-state index contributed by atoms with van der Waals surface area (Å²) in [6.45, 7) is 4.25. The SMILES string of the molecule is CCNC(=NCc1ccccc1OC)NCCNC(=O)c1ccco1. The van der Waals surface area contributed by atoms with Crippen LogP contribution in [0.1, 0.15) is 23.0 Å². The largest absolute Gasteiger partial charge is 0.496 e. The number of para-hydroxylation sites is 1. The first-order valence-corrected chi connectivity index (χ1v) is 8.20. The van der Waals surface area contributed by atoms with E-state index < -0.39 is 0 Å². The van der Waals surface area contributed by atoms with Gasteiger partial charge in [0.1, 0.15) is 5.75 Å². The Balaban J connectivity index is 1.82. The van der Waals surface area contributed by atoms with Crippen molar-refractivity contribution in [1.29, 1.82) is 0 Å². The smallest absolute Gasteiger partial charge is 0.287 e. The number of benzene rings is 1. The Morgan fingerprint density at radius 1 is 1.12 bits per heavy atom. The Hall–Kier alpha value is -2.96. The van der Waals surface area contributed by atoms with Crippen LogP contribution in [0, 0.1) is 0 Å². The molecule has 1 aromatic carbocycles. The maximum Gasteiger partial charge on any atom is 0.287 e. The molecular weight excluding hydrogens is 320 g/mol. The Morgan fingerprint density at radius 3 is 2.64 bits per heavy atom. The molecule has 0 saturated heterocycles. The van der Waals surface area contributed by atoms with Crippen molar-refractivity contribution < 1.29 is 13.9 Å². The van der Waals surface area contributed by atoms with Gasteiger partial charge in [0, 0.05) is 25.2 Å². The van der Waals surface area contributed by atoms with Gasteiger partial charge in [-0.15, -0.1) is 0 Å². The highest BCUT2D eigenvalue weighted by molar-refractivity contribution is 5.91. The van der Waals surface area contributed by atoms with Gasteiger partial charge in [-0.2, -0.15) is 0 Å². The molecule has 0 radical (unpaired) electrons. The highest BCUT2D eigenvalue weighted by Crippen LogP contribution is 2.17. The highest BCUT2D eigenvalue weighted by atomic mass is 16.5. The summed E-state index contributed by atoms with van der Waals surface area (Å²) in [4.78, 5) is 16.3. The second kappa shape index (κ2) is 10.0. The van der Waals surface area contributed by atoms with Crippen molar-refractivity contribution >= 4 is 11.9 Å². The minimum Gasteiger partial charge on any atom is -0.496 e. The third-order valence-corrected chi connectivity index (χ3v) is 3.39. The van der Waals surface area contributed by atoms with E-state index in [1.54, 1.807) is 19.2 Å². The van der Waals surface area contributed by atoms with Gasteiger partial charge in [0.2, 0.25) is 0 Å². The van der Waals surface area contributed by atoms with E-state index in [0.717, 1.165) is 17.9 Å². The van der Waals surface area contributed by atoms with E-state index in [0.29, 0.717) is 31.4 Å². The lowest BCUT2D eigenvalue weighted by Crippen LogP contribution is -2.41. The molecule has 1 aromatic heterocycles. The number of amides is 1. The predicted molar refractivity (Wildman–Crippen MR) is 96.9 cm³/mol. The van der Waals surface area contributed by atoms with Crippen molar-refractivity contribution in [3.8, 4) is 5.75 Å². The number of rotatable bonds is 8. The molecule has 134 valence electrons. The summed E-state index contributed by atoms with van der Waals surface area (Å²) in [5, 5.41) is 9.13. The molecule has 0 spiro atoms. The molecule has 3 N–H and O–H groups in total. The van der Waals surface area contributed by atoms with E-state index in [9.17, 15) is 4.79 Å². The van der Waals surface area contributed by atoms with Crippen LogP contribution in [0.4, 0.5) is 0 Å². The van der Waals surface area contributed by atoms with Gasteiger partial charge >= 0.3 is 0 Å². The molecule has 7 nitrogen and oxygen atoms in total. The van der Waals surface area contributed by atoms with Gasteiger partial charge in [0.15, 0.2) is 11.7 Å². The normalized spacial score (nSPS) is 11.0. The fraction of sp³-hybridized carbons (Fsp3) is 0.333. The van der Waals surface area contributed by atoms with Crippen LogP contribution in [0.15, 0.2) is 52.1 Å². The lowest BCUT2D eigenvalue weighted by atomic mass is 10.2. The Kier molecular flexibility index (Phi) is 7.37. The second-order valence-corrected chi connectivity index (χ2v) is 5.17. The summed E-state index contributed by atoms with van der Waals surface area (Å²) >= 11 is 0. The van der Waals surface area contributed by atoms with Crippen LogP contribution < -0.4 is 20.7 Å². The molecule has 25 heavy (non-hydrogen) atoms. The van der Waals surface area contributed by atoms with Crippen LogP contribution in [0.3, 0.4) is 0 Å². The summed E-state index contributed by atoms with van der Waals surface area (Å²) < 4.78 is 10.4. The van der Waals surface area contributed by atoms with Gasteiger partial charge < -0.3 is 25.1 Å². The van der Waals surface area contributed by atoms with Crippen molar-refractivity contribution in [3.63, 3.8) is 0 Å². The molecular formula is C18H24N4O3. The number of hydrogen-bond donors (Lipinski definition) is 3. The number of guanidine groups is 1. The molecule has 0 aliphatic rings. The number of nitrogens with zero attached hydrogens (tertiary/aromatic N) is 1. The van der Waals surface area contributed by atoms with Crippen LogP contribution in [-0.2, 0) is 6.54 Å². The number of furan rings is 1. The predicted octanol–water partition coefficient (Wildman–Crippen LogP) is 1.77. The monoisotopic (exact) mass is 344 g/mol. The van der Waals surface area contributed by atoms with Crippen molar-refractivity contribution in [2.24, 2.45) is 4.99 Å². The van der Waals surface area contributed by atoms with E-state index in [4.69, 9.17) is 9.15 Å². The fourth-order valence-electron chi connectivity index (χ4n) is 2.19. The lowest BCUT2D eigenvalue weighted by molar-refractivity contribution is 0.0926. The lowest BCUT2D eigenvalue weighted by Gasteiger charge is -2.12. The maximum absolute atomic E-state index is 11.8. The molecule has 2 rings (SSSR count). The number of carbonyl (C=O) groups excluding carboxylic acids is 1. The van der Waals surface area contributed by atoms with Crippen LogP contribution in [0.2, 0.25) is 0 Å². The number of aliphatic imine (C=N–C) groups is 1. The molecule has 7 heteroatoms. The summed E-state index contributed by atoms with van der Waals surface area (Å²) in [6, 6.07) is 11.1. The summed E-state index contributed by atoms with van der Waals surface area (Å²) in [5.74, 6) is 1.56. The summed E-state index contributed by atoms with van der Waals surface area (Å²) in [5.41, 5.74) is 1.01. The first-order chi connectivity index (χ1) is 12.2. The Labute approximate surface area is 147 Å². The Morgan fingerprint density at radius 2 is 1.92 bits per heavy atom. The highest BCUT2D eigenvalue weighted by Gasteiger charge is 2.07. The van der Waals surface area contributed by atoms with Crippen LogP contribution in [-0.4, -0.2) is 38.6 Å². The van der Waals surface area contributed by atoms with Gasteiger partial charge in [-0.1, -0.05) is 18.2 Å². The molecule has 0 aliphatic carbocycles. The van der Waals surface area contributed by atoms with Gasteiger partial charge in [-0.05, 0) is 25.1 Å². The number of methoxy groups -OCH3 is 1. The molecule has 0 unspecified atom stereocenters. The van der Waals surface area contributed by atoms with Gasteiger partial charge in [-0.3, -0.25) is 4.79 Å². The van der Waals surface area contributed by atoms with Crippen molar-refractivity contribution in [1.82, 2.24) is 16.0 Å². The topological polar surface area (TPSA) is 87.9 Å². The fourth-order valence-corrected chi connectivity index (χ4v) is 2.19. The van der Waals surface area contributed by atoms with Gasteiger partial charge in [-0.25, -0.2) is 4.99 Å². The van der Waals surface area contributed by atoms with E-state index in [-0.39, 0.29) is 5.91 Å². The molecule has 0 saturated carbocycles. The number of nitrogens with one attached hydrogen (secondary N) is 3. The first-order valence-electron chi connectivity index (χ1n) is 8.20. The van der Waals surface area contributed by atoms with E-state index in [2.05, 4.69) is 20.9 Å². The summed E-state index contributed by atoms with van der Waals surface area (Å²) in [7, 11) is 1.65. The van der Waals surface area contributed by atoms with Crippen LogP contribution >= 0.6 is 0 Å². The minimum atomic E-state index is -0.234. The maximum atomic E-state index is 11.8. The average Bonchev–Trinajstić information content (AvgIpc) is 3.18. The number of carbonyl (C=O) groups is 1. The molecule has 1 amide bonds.